The van der Waals surface area contributed by atoms with Crippen molar-refractivity contribution < 1.29 is 0 Å². The van der Waals surface area contributed by atoms with Crippen LogP contribution in [0.2, 0.25) is 0 Å². The van der Waals surface area contributed by atoms with Gasteiger partial charge in [0.25, 0.3) is 0 Å². The highest BCUT2D eigenvalue weighted by molar-refractivity contribution is 5.25. The molecular weight excluding hydrogens is 224 g/mol. The van der Waals surface area contributed by atoms with Crippen molar-refractivity contribution in [3.8, 4) is 0 Å². The average Bonchev–Trinajstić information content (AvgIpc) is 2.78. The summed E-state index contributed by atoms with van der Waals surface area (Å²) in [5, 5.41) is 3.55. The Balaban J connectivity index is 2.30. The Kier molecular flexibility index (Phi) is 4.10. The van der Waals surface area contributed by atoms with E-state index >= 15 is 0 Å². The summed E-state index contributed by atoms with van der Waals surface area (Å²) in [4.78, 5) is 8.57. The maximum absolute atomic E-state index is 4.38. The van der Waals surface area contributed by atoms with Crippen molar-refractivity contribution in [2.75, 3.05) is 6.54 Å². The first-order chi connectivity index (χ1) is 8.72. The molecule has 18 heavy (non-hydrogen) atoms. The first-order valence-corrected chi connectivity index (χ1v) is 6.34. The van der Waals surface area contributed by atoms with Gasteiger partial charge in [-0.3, -0.25) is 4.98 Å². The van der Waals surface area contributed by atoms with E-state index in [1.54, 1.807) is 0 Å². The summed E-state index contributed by atoms with van der Waals surface area (Å²) in [5.74, 6) is 0. The zero-order chi connectivity index (χ0) is 13.0. The number of pyridine rings is 1. The van der Waals surface area contributed by atoms with Gasteiger partial charge in [-0.05, 0) is 31.5 Å². The number of nitrogens with one attached hydrogen (secondary N) is 1. The van der Waals surface area contributed by atoms with Gasteiger partial charge >= 0.3 is 0 Å². The van der Waals surface area contributed by atoms with Crippen LogP contribution in [0.3, 0.4) is 0 Å². The predicted octanol–water partition coefficient (Wildman–Crippen LogP) is 2.21. The van der Waals surface area contributed by atoms with E-state index in [1.807, 2.05) is 43.3 Å². The summed E-state index contributed by atoms with van der Waals surface area (Å²) in [7, 11) is 2.02. The maximum atomic E-state index is 4.38. The van der Waals surface area contributed by atoms with Crippen LogP contribution in [0.25, 0.3) is 0 Å². The molecule has 0 spiro atoms. The van der Waals surface area contributed by atoms with Crippen molar-refractivity contribution in [1.29, 1.82) is 0 Å². The fourth-order valence-electron chi connectivity index (χ4n) is 1.98. The lowest BCUT2D eigenvalue weighted by atomic mass is 10.1. The molecule has 0 fully saturated rings. The van der Waals surface area contributed by atoms with E-state index in [4.69, 9.17) is 0 Å². The highest BCUT2D eigenvalue weighted by Crippen LogP contribution is 2.20. The van der Waals surface area contributed by atoms with E-state index in [0.717, 1.165) is 24.4 Å². The summed E-state index contributed by atoms with van der Waals surface area (Å²) < 4.78 is 2.05. The number of hydrogen-bond donors (Lipinski definition) is 1. The molecule has 0 aliphatic carbocycles. The molecule has 0 saturated carbocycles. The molecule has 0 amide bonds. The third kappa shape index (κ3) is 2.76. The molecule has 0 bridgehead atoms. The molecule has 0 aromatic carbocycles. The smallest absolute Gasteiger partial charge is 0.0946 e. The summed E-state index contributed by atoms with van der Waals surface area (Å²) >= 11 is 0. The maximum Gasteiger partial charge on any atom is 0.0946 e. The van der Waals surface area contributed by atoms with Crippen molar-refractivity contribution in [3.05, 3.63) is 47.8 Å². The number of hydrogen-bond acceptors (Lipinski definition) is 3. The minimum atomic E-state index is 0.158. The normalized spacial score (nSPS) is 12.6. The second kappa shape index (κ2) is 5.78. The lowest BCUT2D eigenvalue weighted by Crippen LogP contribution is -2.25. The molecule has 96 valence electrons. The molecule has 4 heteroatoms. The topological polar surface area (TPSA) is 42.7 Å². The highest BCUT2D eigenvalue weighted by atomic mass is 15.1. The van der Waals surface area contributed by atoms with Crippen LogP contribution in [0.4, 0.5) is 0 Å². The average molecular weight is 244 g/mol. The van der Waals surface area contributed by atoms with E-state index in [1.165, 1.54) is 5.56 Å². The molecule has 2 rings (SSSR count). The second-order valence-electron chi connectivity index (χ2n) is 4.55. The Labute approximate surface area is 108 Å². The van der Waals surface area contributed by atoms with Crippen LogP contribution < -0.4 is 5.32 Å². The van der Waals surface area contributed by atoms with Crippen LogP contribution in [0, 0.1) is 6.92 Å². The Morgan fingerprint density at radius 2 is 2.17 bits per heavy atom. The summed E-state index contributed by atoms with van der Waals surface area (Å²) in [6, 6.07) is 4.33. The minimum absolute atomic E-state index is 0.158. The molecular formula is C14H20N4. The molecule has 1 unspecified atom stereocenters. The van der Waals surface area contributed by atoms with Crippen molar-refractivity contribution in [2.24, 2.45) is 7.05 Å². The van der Waals surface area contributed by atoms with Gasteiger partial charge in [0.15, 0.2) is 0 Å². The molecule has 4 nitrogen and oxygen atoms in total. The minimum Gasteiger partial charge on any atom is -0.336 e. The Hall–Kier alpha value is -1.68. The van der Waals surface area contributed by atoms with Crippen LogP contribution in [0.5, 0.6) is 0 Å². The standard InChI is InChI=1S/C14H20N4/c1-4-7-16-14(13-9-15-10-18(13)3)12-6-5-11(2)17-8-12/h5-6,8-10,14,16H,4,7H2,1-3H3. The zero-order valence-electron chi connectivity index (χ0n) is 11.2. The molecule has 2 aromatic rings. The first-order valence-electron chi connectivity index (χ1n) is 6.34. The summed E-state index contributed by atoms with van der Waals surface area (Å²) in [5.41, 5.74) is 3.38. The number of imidazole rings is 1. The van der Waals surface area contributed by atoms with Gasteiger partial charge in [0, 0.05) is 18.9 Å². The van der Waals surface area contributed by atoms with E-state index in [2.05, 4.69) is 28.3 Å². The van der Waals surface area contributed by atoms with Crippen LogP contribution in [-0.4, -0.2) is 21.1 Å². The van der Waals surface area contributed by atoms with Crippen molar-refractivity contribution in [1.82, 2.24) is 19.9 Å². The van der Waals surface area contributed by atoms with Gasteiger partial charge in [-0.25, -0.2) is 4.98 Å². The zero-order valence-corrected chi connectivity index (χ0v) is 11.2. The third-order valence-corrected chi connectivity index (χ3v) is 3.02. The lowest BCUT2D eigenvalue weighted by Gasteiger charge is -2.19. The number of rotatable bonds is 5. The van der Waals surface area contributed by atoms with E-state index in [9.17, 15) is 0 Å². The van der Waals surface area contributed by atoms with Crippen LogP contribution >= 0.6 is 0 Å². The van der Waals surface area contributed by atoms with E-state index < -0.39 is 0 Å². The molecule has 0 radical (unpaired) electrons. The van der Waals surface area contributed by atoms with Crippen LogP contribution in [-0.2, 0) is 7.05 Å². The second-order valence-corrected chi connectivity index (χ2v) is 4.55. The van der Waals surface area contributed by atoms with Crippen LogP contribution in [0.15, 0.2) is 30.9 Å². The Morgan fingerprint density at radius 3 is 2.72 bits per heavy atom. The Bertz CT molecular complexity index is 487. The molecule has 0 aliphatic rings. The van der Waals surface area contributed by atoms with Gasteiger partial charge < -0.3 is 9.88 Å². The van der Waals surface area contributed by atoms with Gasteiger partial charge in [-0.2, -0.15) is 0 Å². The number of aromatic nitrogens is 3. The molecule has 0 saturated heterocycles. The van der Waals surface area contributed by atoms with Gasteiger partial charge in [-0.1, -0.05) is 13.0 Å². The molecule has 0 aliphatic heterocycles. The molecule has 1 N–H and O–H groups in total. The Morgan fingerprint density at radius 1 is 1.33 bits per heavy atom. The van der Waals surface area contributed by atoms with Gasteiger partial charge in [0.05, 0.1) is 24.3 Å². The predicted molar refractivity (Wildman–Crippen MR) is 72.3 cm³/mol. The SMILES string of the molecule is CCCNC(c1ccc(C)nc1)c1cncn1C. The third-order valence-electron chi connectivity index (χ3n) is 3.02. The van der Waals surface area contributed by atoms with E-state index in [-0.39, 0.29) is 6.04 Å². The van der Waals surface area contributed by atoms with Crippen molar-refractivity contribution >= 4 is 0 Å². The van der Waals surface area contributed by atoms with E-state index in [0.29, 0.717) is 0 Å². The lowest BCUT2D eigenvalue weighted by molar-refractivity contribution is 0.568. The van der Waals surface area contributed by atoms with Crippen molar-refractivity contribution in [2.45, 2.75) is 26.3 Å². The molecule has 2 aromatic heterocycles. The summed E-state index contributed by atoms with van der Waals surface area (Å²) in [6.07, 6.45) is 6.79. The quantitative estimate of drug-likeness (QED) is 0.877. The fraction of sp³-hybridized carbons (Fsp3) is 0.429. The number of nitrogens with zero attached hydrogens (tertiary/aromatic N) is 3. The molecule has 1 atom stereocenters. The fourth-order valence-corrected chi connectivity index (χ4v) is 1.98. The van der Waals surface area contributed by atoms with Gasteiger partial charge in [-0.15, -0.1) is 0 Å². The van der Waals surface area contributed by atoms with Gasteiger partial charge in [0.2, 0.25) is 0 Å². The largest absolute Gasteiger partial charge is 0.336 e. The van der Waals surface area contributed by atoms with Crippen molar-refractivity contribution in [3.63, 3.8) is 0 Å². The molecule has 2 heterocycles. The first kappa shape index (κ1) is 12.8. The monoisotopic (exact) mass is 244 g/mol. The highest BCUT2D eigenvalue weighted by Gasteiger charge is 2.16. The van der Waals surface area contributed by atoms with Crippen LogP contribution in [0.1, 0.15) is 36.3 Å². The number of aryl methyl sites for hydroxylation is 2. The summed E-state index contributed by atoms with van der Waals surface area (Å²) in [6.45, 7) is 5.15. The van der Waals surface area contributed by atoms with Gasteiger partial charge in [0.1, 0.15) is 0 Å².